The number of aromatic nitrogens is 2. The lowest BCUT2D eigenvalue weighted by Crippen LogP contribution is -2.11. The number of carbonyl (C=O) groups is 1. The molecule has 0 aliphatic heterocycles. The Morgan fingerprint density at radius 1 is 1.08 bits per heavy atom. The third-order valence-electron chi connectivity index (χ3n) is 3.72. The van der Waals surface area contributed by atoms with Crippen molar-refractivity contribution in [3.05, 3.63) is 76.5 Å². The number of pyridine rings is 1. The summed E-state index contributed by atoms with van der Waals surface area (Å²) in [4.78, 5) is 20.5. The van der Waals surface area contributed by atoms with Crippen molar-refractivity contribution in [2.75, 3.05) is 5.32 Å². The van der Waals surface area contributed by atoms with Gasteiger partial charge in [-0.3, -0.25) is 9.78 Å². The molecule has 2 aromatic carbocycles. The summed E-state index contributed by atoms with van der Waals surface area (Å²) < 4.78 is 5.73. The Balaban J connectivity index is 1.58. The maximum atomic E-state index is 12.1. The van der Waals surface area contributed by atoms with E-state index in [1.807, 2.05) is 0 Å². The fraction of sp³-hybridized carbons (Fsp3) is 0. The van der Waals surface area contributed by atoms with Crippen molar-refractivity contribution in [3.63, 3.8) is 0 Å². The molecular weight excluding hydrogens is 373 g/mol. The fourth-order valence-electron chi connectivity index (χ4n) is 2.48. The number of anilines is 1. The zero-order valence-electron chi connectivity index (χ0n) is 13.2. The second-order valence-electron chi connectivity index (χ2n) is 5.53. The molecule has 2 heterocycles. The van der Waals surface area contributed by atoms with Crippen molar-refractivity contribution >= 4 is 45.9 Å². The number of nitrogens with one attached hydrogen (secondary N) is 1. The molecule has 4 aromatic rings. The standard InChI is InChI=1S/C19H11Cl2N3O2/c20-13-8-15(21)17-16(9-13)24-19(26-17)11-3-5-14(6-4-11)23-18(25)12-2-1-7-22-10-12/h1-10H,(H,23,25). The van der Waals surface area contributed by atoms with Gasteiger partial charge in [0.1, 0.15) is 5.52 Å². The molecule has 5 nitrogen and oxygen atoms in total. The third kappa shape index (κ3) is 3.27. The quantitative estimate of drug-likeness (QED) is 0.510. The van der Waals surface area contributed by atoms with Gasteiger partial charge in [-0.05, 0) is 48.5 Å². The van der Waals surface area contributed by atoms with Crippen LogP contribution in [0.1, 0.15) is 10.4 Å². The second kappa shape index (κ2) is 6.78. The highest BCUT2D eigenvalue weighted by Gasteiger charge is 2.12. The zero-order chi connectivity index (χ0) is 18.1. The van der Waals surface area contributed by atoms with Gasteiger partial charge in [-0.25, -0.2) is 4.98 Å². The molecule has 0 bridgehead atoms. The van der Waals surface area contributed by atoms with Gasteiger partial charge >= 0.3 is 0 Å². The summed E-state index contributed by atoms with van der Waals surface area (Å²) >= 11 is 12.1. The van der Waals surface area contributed by atoms with Crippen LogP contribution >= 0.6 is 23.2 Å². The Bertz CT molecular complexity index is 1090. The minimum atomic E-state index is -0.228. The van der Waals surface area contributed by atoms with E-state index in [0.29, 0.717) is 38.3 Å². The number of oxazole rings is 1. The summed E-state index contributed by atoms with van der Waals surface area (Å²) in [5, 5.41) is 3.72. The van der Waals surface area contributed by atoms with Crippen LogP contribution in [0, 0.1) is 0 Å². The maximum absolute atomic E-state index is 12.1. The molecule has 0 spiro atoms. The van der Waals surface area contributed by atoms with Gasteiger partial charge in [0.2, 0.25) is 5.89 Å². The molecule has 1 N–H and O–H groups in total. The average molecular weight is 384 g/mol. The van der Waals surface area contributed by atoms with Gasteiger partial charge < -0.3 is 9.73 Å². The first-order valence-electron chi connectivity index (χ1n) is 7.67. The molecule has 0 fully saturated rings. The Kier molecular flexibility index (Phi) is 4.32. The summed E-state index contributed by atoms with van der Waals surface area (Å²) in [5.41, 5.74) is 2.97. The van der Waals surface area contributed by atoms with E-state index in [9.17, 15) is 4.79 Å². The van der Waals surface area contributed by atoms with Gasteiger partial charge in [0.25, 0.3) is 5.91 Å². The van der Waals surface area contributed by atoms with Crippen LogP contribution in [0.2, 0.25) is 10.0 Å². The van der Waals surface area contributed by atoms with Crippen LogP contribution in [0.5, 0.6) is 0 Å². The molecule has 0 aliphatic carbocycles. The molecule has 0 atom stereocenters. The van der Waals surface area contributed by atoms with Crippen molar-refractivity contribution in [1.82, 2.24) is 9.97 Å². The Labute approximate surface area is 158 Å². The van der Waals surface area contributed by atoms with E-state index >= 15 is 0 Å². The molecule has 0 aliphatic rings. The third-order valence-corrected chi connectivity index (χ3v) is 4.22. The normalized spacial score (nSPS) is 10.8. The van der Waals surface area contributed by atoms with E-state index in [0.717, 1.165) is 5.56 Å². The molecule has 0 unspecified atom stereocenters. The van der Waals surface area contributed by atoms with E-state index in [1.165, 1.54) is 6.20 Å². The summed E-state index contributed by atoms with van der Waals surface area (Å²) in [6, 6.07) is 13.9. The van der Waals surface area contributed by atoms with E-state index in [2.05, 4.69) is 15.3 Å². The monoisotopic (exact) mass is 383 g/mol. The number of benzene rings is 2. The van der Waals surface area contributed by atoms with Gasteiger partial charge in [-0.15, -0.1) is 0 Å². The first-order valence-corrected chi connectivity index (χ1v) is 8.43. The number of rotatable bonds is 3. The topological polar surface area (TPSA) is 68.0 Å². The van der Waals surface area contributed by atoms with E-state index < -0.39 is 0 Å². The molecule has 128 valence electrons. The van der Waals surface area contributed by atoms with Crippen molar-refractivity contribution in [2.45, 2.75) is 0 Å². The highest BCUT2D eigenvalue weighted by Crippen LogP contribution is 2.32. The van der Waals surface area contributed by atoms with Crippen molar-refractivity contribution in [3.8, 4) is 11.5 Å². The number of amides is 1. The largest absolute Gasteiger partial charge is 0.435 e. The lowest BCUT2D eigenvalue weighted by molar-refractivity contribution is 0.102. The van der Waals surface area contributed by atoms with Crippen LogP contribution in [0.4, 0.5) is 5.69 Å². The smallest absolute Gasteiger partial charge is 0.257 e. The second-order valence-corrected chi connectivity index (χ2v) is 6.37. The number of hydrogen-bond acceptors (Lipinski definition) is 4. The van der Waals surface area contributed by atoms with E-state index in [1.54, 1.807) is 54.7 Å². The Morgan fingerprint density at radius 3 is 2.62 bits per heavy atom. The molecule has 7 heteroatoms. The number of nitrogens with zero attached hydrogens (tertiary/aromatic N) is 2. The van der Waals surface area contributed by atoms with Crippen LogP contribution in [-0.4, -0.2) is 15.9 Å². The number of carbonyl (C=O) groups excluding carboxylic acids is 1. The zero-order valence-corrected chi connectivity index (χ0v) is 14.8. The molecule has 0 saturated heterocycles. The molecule has 1 amide bonds. The Hall–Kier alpha value is -2.89. The summed E-state index contributed by atoms with van der Waals surface area (Å²) in [5.74, 6) is 0.198. The predicted octanol–water partition coefficient (Wildman–Crippen LogP) is 5.45. The first-order chi connectivity index (χ1) is 12.6. The highest BCUT2D eigenvalue weighted by atomic mass is 35.5. The number of halogens is 2. The van der Waals surface area contributed by atoms with Crippen LogP contribution < -0.4 is 5.32 Å². The SMILES string of the molecule is O=C(Nc1ccc(-c2nc3cc(Cl)cc(Cl)c3o2)cc1)c1cccnc1. The summed E-state index contributed by atoms with van der Waals surface area (Å²) in [7, 11) is 0. The molecular formula is C19H11Cl2N3O2. The van der Waals surface area contributed by atoms with Gasteiger partial charge in [-0.1, -0.05) is 23.2 Å². The molecule has 0 saturated carbocycles. The number of fused-ring (bicyclic) bond motifs is 1. The van der Waals surface area contributed by atoms with Gasteiger partial charge in [0.15, 0.2) is 5.58 Å². The number of hydrogen-bond donors (Lipinski definition) is 1. The summed E-state index contributed by atoms with van der Waals surface area (Å²) in [6.07, 6.45) is 3.13. The molecule has 26 heavy (non-hydrogen) atoms. The lowest BCUT2D eigenvalue weighted by atomic mass is 10.2. The van der Waals surface area contributed by atoms with Crippen molar-refractivity contribution in [1.29, 1.82) is 0 Å². The maximum Gasteiger partial charge on any atom is 0.257 e. The minimum Gasteiger partial charge on any atom is -0.435 e. The lowest BCUT2D eigenvalue weighted by Gasteiger charge is -2.05. The van der Waals surface area contributed by atoms with Crippen LogP contribution in [0.15, 0.2) is 65.3 Å². The van der Waals surface area contributed by atoms with Crippen LogP contribution in [0.25, 0.3) is 22.6 Å². The molecule has 0 radical (unpaired) electrons. The van der Waals surface area contributed by atoms with Gasteiger partial charge in [0, 0.05) is 28.7 Å². The Morgan fingerprint density at radius 2 is 1.88 bits per heavy atom. The highest BCUT2D eigenvalue weighted by molar-refractivity contribution is 6.38. The van der Waals surface area contributed by atoms with E-state index in [4.69, 9.17) is 27.6 Å². The molecule has 2 aromatic heterocycles. The first kappa shape index (κ1) is 16.6. The van der Waals surface area contributed by atoms with Crippen LogP contribution in [-0.2, 0) is 0 Å². The van der Waals surface area contributed by atoms with Crippen molar-refractivity contribution in [2.24, 2.45) is 0 Å². The summed E-state index contributed by atoms with van der Waals surface area (Å²) in [6.45, 7) is 0. The van der Waals surface area contributed by atoms with Gasteiger partial charge in [0.05, 0.1) is 10.6 Å². The van der Waals surface area contributed by atoms with E-state index in [-0.39, 0.29) is 5.91 Å². The van der Waals surface area contributed by atoms with Crippen molar-refractivity contribution < 1.29 is 9.21 Å². The average Bonchev–Trinajstić information content (AvgIpc) is 3.07. The van der Waals surface area contributed by atoms with Crippen LogP contribution in [0.3, 0.4) is 0 Å². The fourth-order valence-corrected chi connectivity index (χ4v) is 3.00. The molecule has 4 rings (SSSR count). The minimum absolute atomic E-state index is 0.228. The van der Waals surface area contributed by atoms with Gasteiger partial charge in [-0.2, -0.15) is 0 Å². The predicted molar refractivity (Wildman–Crippen MR) is 102 cm³/mol.